The van der Waals surface area contributed by atoms with Gasteiger partial charge >= 0.3 is 5.97 Å². The van der Waals surface area contributed by atoms with Gasteiger partial charge in [-0.2, -0.15) is 0 Å². The molecule has 0 unspecified atom stereocenters. The van der Waals surface area contributed by atoms with E-state index in [0.29, 0.717) is 0 Å². The Bertz CT molecular complexity index is 801. The van der Waals surface area contributed by atoms with Gasteiger partial charge in [-0.3, -0.25) is 0 Å². The Morgan fingerprint density at radius 1 is 1.21 bits per heavy atom. The van der Waals surface area contributed by atoms with Crippen LogP contribution in [-0.2, 0) is 0 Å². The van der Waals surface area contributed by atoms with Gasteiger partial charge in [-0.25, -0.2) is 9.78 Å². The van der Waals surface area contributed by atoms with E-state index in [9.17, 15) is 4.79 Å². The first-order valence-corrected chi connectivity index (χ1v) is 10.2. The summed E-state index contributed by atoms with van der Waals surface area (Å²) in [6, 6.07) is 7.18. The molecule has 1 fully saturated rings. The summed E-state index contributed by atoms with van der Waals surface area (Å²) in [5.74, 6) is 2.81. The van der Waals surface area contributed by atoms with Crippen molar-refractivity contribution in [3.05, 3.63) is 51.1 Å². The summed E-state index contributed by atoms with van der Waals surface area (Å²) in [5, 5.41) is 9.33. The monoisotopic (exact) mass is 486 g/mol. The minimum absolute atomic E-state index is 0.133. The predicted octanol–water partition coefficient (Wildman–Crippen LogP) is 4.02. The van der Waals surface area contributed by atoms with Gasteiger partial charge in [-0.1, -0.05) is 23.8 Å². The number of piperazine rings is 1. The average Bonchev–Trinajstić information content (AvgIpc) is 2.73. The Hall–Kier alpha value is -1.74. The van der Waals surface area contributed by atoms with Crippen molar-refractivity contribution in [2.45, 2.75) is 6.92 Å². The molecular formula is C19H24BrClN4O2S. The molecule has 1 aliphatic heterocycles. The maximum Gasteiger partial charge on any atom is 0.337 e. The topological polar surface area (TPSA) is 82.7 Å². The lowest BCUT2D eigenvalue weighted by atomic mass is 10.1. The number of aromatic nitrogens is 1. The van der Waals surface area contributed by atoms with E-state index in [4.69, 9.17) is 16.7 Å². The number of carbonyl (C=O) groups is 1. The molecule has 1 aromatic carbocycles. The van der Waals surface area contributed by atoms with Crippen molar-refractivity contribution in [1.29, 1.82) is 0 Å². The van der Waals surface area contributed by atoms with Gasteiger partial charge in [0.15, 0.2) is 0 Å². The summed E-state index contributed by atoms with van der Waals surface area (Å²) in [5.41, 5.74) is 6.75. The number of anilines is 2. The zero-order valence-electron chi connectivity index (χ0n) is 15.9. The van der Waals surface area contributed by atoms with E-state index in [1.807, 2.05) is 12.3 Å². The minimum Gasteiger partial charge on any atom is -0.478 e. The summed E-state index contributed by atoms with van der Waals surface area (Å²) >= 11 is 13.4. The third-order valence-corrected chi connectivity index (χ3v) is 5.33. The molecule has 9 heteroatoms. The van der Waals surface area contributed by atoms with Crippen molar-refractivity contribution in [1.82, 2.24) is 4.98 Å². The van der Waals surface area contributed by atoms with Crippen molar-refractivity contribution in [2.24, 2.45) is 5.73 Å². The molecule has 0 saturated carbocycles. The molecule has 1 aliphatic rings. The first kappa shape index (κ1) is 24.3. The van der Waals surface area contributed by atoms with Crippen molar-refractivity contribution >= 4 is 63.1 Å². The molecule has 0 atom stereocenters. The van der Waals surface area contributed by atoms with Gasteiger partial charge in [-0.05, 0) is 65.6 Å². The van der Waals surface area contributed by atoms with Crippen LogP contribution in [0, 0.1) is 6.92 Å². The van der Waals surface area contributed by atoms with E-state index in [1.165, 1.54) is 12.6 Å². The molecule has 0 bridgehead atoms. The van der Waals surface area contributed by atoms with Crippen molar-refractivity contribution in [3.63, 3.8) is 0 Å². The van der Waals surface area contributed by atoms with Gasteiger partial charge in [0, 0.05) is 42.5 Å². The van der Waals surface area contributed by atoms with Crippen molar-refractivity contribution in [3.8, 4) is 0 Å². The second-order valence-electron chi connectivity index (χ2n) is 5.74. The largest absolute Gasteiger partial charge is 0.478 e. The molecular weight excluding hydrogens is 464 g/mol. The number of carboxylic acid groups (broad SMARTS) is 1. The van der Waals surface area contributed by atoms with Crippen LogP contribution in [0.15, 0.2) is 34.9 Å². The lowest BCUT2D eigenvalue weighted by Gasteiger charge is -2.37. The van der Waals surface area contributed by atoms with Gasteiger partial charge in [-0.15, -0.1) is 0 Å². The summed E-state index contributed by atoms with van der Waals surface area (Å²) < 4.78 is 1.01. The third-order valence-electron chi connectivity index (χ3n) is 4.18. The molecule has 0 amide bonds. The van der Waals surface area contributed by atoms with E-state index in [1.54, 1.807) is 12.1 Å². The molecule has 1 saturated heterocycles. The number of pyridine rings is 1. The number of halogens is 2. The van der Waals surface area contributed by atoms with Gasteiger partial charge in [0.1, 0.15) is 5.82 Å². The number of aryl methyl sites for hydroxylation is 1. The van der Waals surface area contributed by atoms with Crippen LogP contribution in [0.3, 0.4) is 0 Å². The maximum absolute atomic E-state index is 11.0. The molecule has 152 valence electrons. The molecule has 1 aromatic heterocycles. The first-order chi connectivity index (χ1) is 13.5. The van der Waals surface area contributed by atoms with Crippen LogP contribution >= 0.6 is 39.7 Å². The molecule has 2 aromatic rings. The SMILES string of the molecule is C=S.CN.Cc1cc(N2CCN(c3ccc(C(=O)O)c(Cl)c3)CC2)ncc1Br. The van der Waals surface area contributed by atoms with Gasteiger partial charge in [0.25, 0.3) is 0 Å². The highest BCUT2D eigenvalue weighted by Crippen LogP contribution is 2.26. The van der Waals surface area contributed by atoms with E-state index < -0.39 is 5.97 Å². The minimum atomic E-state index is -1.01. The molecule has 3 rings (SSSR count). The van der Waals surface area contributed by atoms with Gasteiger partial charge < -0.3 is 20.6 Å². The van der Waals surface area contributed by atoms with Crippen LogP contribution in [0.4, 0.5) is 11.5 Å². The zero-order chi connectivity index (χ0) is 21.3. The number of benzene rings is 1. The summed E-state index contributed by atoms with van der Waals surface area (Å²) in [6.07, 6.45) is 1.83. The second kappa shape index (κ2) is 12.0. The molecule has 0 radical (unpaired) electrons. The Labute approximate surface area is 184 Å². The van der Waals surface area contributed by atoms with Crippen LogP contribution in [-0.4, -0.2) is 55.2 Å². The summed E-state index contributed by atoms with van der Waals surface area (Å²) in [4.78, 5) is 20.0. The number of thiocarbonyl (C=S) groups is 1. The van der Waals surface area contributed by atoms with E-state index >= 15 is 0 Å². The normalized spacial score (nSPS) is 13.0. The third kappa shape index (κ3) is 6.13. The Morgan fingerprint density at radius 2 is 1.79 bits per heavy atom. The van der Waals surface area contributed by atoms with Crippen LogP contribution in [0.2, 0.25) is 5.02 Å². The van der Waals surface area contributed by atoms with E-state index in [-0.39, 0.29) is 10.6 Å². The van der Waals surface area contributed by atoms with Crippen LogP contribution in [0.5, 0.6) is 0 Å². The summed E-state index contributed by atoms with van der Waals surface area (Å²) in [7, 11) is 1.50. The molecule has 2 heterocycles. The number of carboxylic acids is 1. The van der Waals surface area contributed by atoms with Gasteiger partial charge in [0.05, 0.1) is 10.6 Å². The summed E-state index contributed by atoms with van der Waals surface area (Å²) in [6.45, 7) is 5.43. The Morgan fingerprint density at radius 3 is 2.29 bits per heavy atom. The fraction of sp³-hybridized carbons (Fsp3) is 0.316. The van der Waals surface area contributed by atoms with Crippen LogP contribution in [0.1, 0.15) is 15.9 Å². The second-order valence-corrected chi connectivity index (χ2v) is 7.00. The molecule has 3 N–H and O–H groups in total. The molecule has 0 spiro atoms. The lowest BCUT2D eigenvalue weighted by Crippen LogP contribution is -2.46. The Balaban J connectivity index is 0.000000921. The highest BCUT2D eigenvalue weighted by atomic mass is 79.9. The van der Waals surface area contributed by atoms with Crippen molar-refractivity contribution in [2.75, 3.05) is 43.0 Å². The molecule has 0 aliphatic carbocycles. The Kier molecular flexibility index (Phi) is 10.4. The zero-order valence-corrected chi connectivity index (χ0v) is 19.0. The van der Waals surface area contributed by atoms with Crippen LogP contribution in [0.25, 0.3) is 0 Å². The molecule has 6 nitrogen and oxygen atoms in total. The maximum atomic E-state index is 11.0. The number of hydrogen-bond acceptors (Lipinski definition) is 6. The average molecular weight is 488 g/mol. The predicted molar refractivity (Wildman–Crippen MR) is 124 cm³/mol. The number of nitrogens with zero attached hydrogens (tertiary/aromatic N) is 3. The van der Waals surface area contributed by atoms with E-state index in [2.05, 4.69) is 67.5 Å². The quantitative estimate of drug-likeness (QED) is 0.633. The smallest absolute Gasteiger partial charge is 0.337 e. The van der Waals surface area contributed by atoms with E-state index in [0.717, 1.165) is 42.2 Å². The fourth-order valence-electron chi connectivity index (χ4n) is 2.77. The highest BCUT2D eigenvalue weighted by molar-refractivity contribution is 9.10. The lowest BCUT2D eigenvalue weighted by molar-refractivity contribution is 0.0697. The molecule has 28 heavy (non-hydrogen) atoms. The fourth-order valence-corrected chi connectivity index (χ4v) is 3.24. The van der Waals surface area contributed by atoms with Crippen molar-refractivity contribution < 1.29 is 9.90 Å². The highest BCUT2D eigenvalue weighted by Gasteiger charge is 2.20. The van der Waals surface area contributed by atoms with Gasteiger partial charge in [0.2, 0.25) is 0 Å². The number of hydrogen-bond donors (Lipinski definition) is 2. The number of rotatable bonds is 3. The first-order valence-electron chi connectivity index (χ1n) is 8.47. The number of aromatic carboxylic acids is 1. The number of nitrogens with two attached hydrogens (primary N) is 1. The standard InChI is InChI=1S/C17H17BrClN3O2.CH5N.CH2S/c1-11-8-16(20-10-14(11)18)22-6-4-21(5-7-22)12-2-3-13(17(23)24)15(19)9-12;2*1-2/h2-3,8-10H,4-7H2,1H3,(H,23,24);2H2,1H3;1H2. The van der Waals surface area contributed by atoms with Crippen LogP contribution < -0.4 is 15.5 Å².